The predicted molar refractivity (Wildman–Crippen MR) is 119 cm³/mol. The number of aromatic nitrogens is 2. The number of nitro benzene ring substituents is 1. The van der Waals surface area contributed by atoms with Crippen LogP contribution in [0.3, 0.4) is 0 Å². The molecule has 6 nitrogen and oxygen atoms in total. The van der Waals surface area contributed by atoms with Gasteiger partial charge in [0, 0.05) is 11.6 Å². The van der Waals surface area contributed by atoms with Crippen molar-refractivity contribution in [1.82, 2.24) is 9.55 Å². The lowest BCUT2D eigenvalue weighted by Crippen LogP contribution is -2.22. The molecule has 0 radical (unpaired) electrons. The number of fused-ring (bicyclic) bond motifs is 1. The Morgan fingerprint density at radius 3 is 2.47 bits per heavy atom. The first-order valence-corrected chi connectivity index (χ1v) is 9.61. The minimum absolute atomic E-state index is 0.0894. The maximum absolute atomic E-state index is 13.2. The molecule has 0 saturated carbocycles. The van der Waals surface area contributed by atoms with Crippen LogP contribution in [0.25, 0.3) is 28.7 Å². The van der Waals surface area contributed by atoms with Crippen molar-refractivity contribution >= 4 is 28.7 Å². The molecule has 0 bridgehead atoms. The molecule has 0 saturated heterocycles. The molecule has 0 aliphatic rings. The van der Waals surface area contributed by atoms with Crippen LogP contribution in [-0.2, 0) is 6.42 Å². The van der Waals surface area contributed by atoms with E-state index in [2.05, 4.69) is 4.98 Å². The fourth-order valence-corrected chi connectivity index (χ4v) is 3.41. The Hall–Kier alpha value is -4.06. The van der Waals surface area contributed by atoms with Crippen molar-refractivity contribution in [3.8, 4) is 5.69 Å². The number of benzene rings is 3. The smallest absolute Gasteiger partial charge is 0.268 e. The SMILES string of the molecule is CCc1ccc(/C=C/c2nc3ccccc3c(=O)n2-c2ccccc2)cc1[N+](=O)[O-]. The summed E-state index contributed by atoms with van der Waals surface area (Å²) < 4.78 is 1.55. The summed E-state index contributed by atoms with van der Waals surface area (Å²) in [6.07, 6.45) is 4.04. The molecule has 148 valence electrons. The van der Waals surface area contributed by atoms with E-state index in [4.69, 9.17) is 0 Å². The second-order valence-electron chi connectivity index (χ2n) is 6.80. The van der Waals surface area contributed by atoms with Crippen LogP contribution in [0.2, 0.25) is 0 Å². The van der Waals surface area contributed by atoms with E-state index < -0.39 is 0 Å². The van der Waals surface area contributed by atoms with Gasteiger partial charge in [-0.15, -0.1) is 0 Å². The highest BCUT2D eigenvalue weighted by atomic mass is 16.6. The highest BCUT2D eigenvalue weighted by molar-refractivity contribution is 5.80. The van der Waals surface area contributed by atoms with Crippen molar-refractivity contribution in [3.05, 3.63) is 110 Å². The molecule has 30 heavy (non-hydrogen) atoms. The quantitative estimate of drug-likeness (QED) is 0.350. The predicted octanol–water partition coefficient (Wildman–Crippen LogP) is 5.03. The van der Waals surface area contributed by atoms with E-state index in [0.29, 0.717) is 40.0 Å². The lowest BCUT2D eigenvalue weighted by molar-refractivity contribution is -0.385. The number of aryl methyl sites for hydroxylation is 1. The van der Waals surface area contributed by atoms with Crippen LogP contribution in [0.15, 0.2) is 77.6 Å². The van der Waals surface area contributed by atoms with E-state index in [1.165, 1.54) is 0 Å². The molecule has 1 heterocycles. The highest BCUT2D eigenvalue weighted by Crippen LogP contribution is 2.22. The number of hydrogen-bond acceptors (Lipinski definition) is 4. The fraction of sp³-hybridized carbons (Fsp3) is 0.0833. The largest absolute Gasteiger partial charge is 0.273 e. The Bertz CT molecular complexity index is 1320. The van der Waals surface area contributed by atoms with Gasteiger partial charge in [-0.25, -0.2) is 4.98 Å². The second kappa shape index (κ2) is 8.13. The van der Waals surface area contributed by atoms with Crippen LogP contribution in [0.4, 0.5) is 5.69 Å². The number of para-hydroxylation sites is 2. The summed E-state index contributed by atoms with van der Waals surface area (Å²) in [5.74, 6) is 0.451. The van der Waals surface area contributed by atoms with Crippen molar-refractivity contribution in [2.75, 3.05) is 0 Å². The van der Waals surface area contributed by atoms with E-state index >= 15 is 0 Å². The molecule has 0 atom stereocenters. The molecular formula is C24H19N3O3. The first-order chi connectivity index (χ1) is 14.6. The number of nitrogens with zero attached hydrogens (tertiary/aromatic N) is 3. The Morgan fingerprint density at radius 1 is 1.00 bits per heavy atom. The molecule has 1 aromatic heterocycles. The molecule has 0 aliphatic heterocycles. The average molecular weight is 397 g/mol. The van der Waals surface area contributed by atoms with Gasteiger partial charge in [0.15, 0.2) is 0 Å². The van der Waals surface area contributed by atoms with E-state index in [1.807, 2.05) is 55.5 Å². The molecule has 0 aliphatic carbocycles. The van der Waals surface area contributed by atoms with Crippen molar-refractivity contribution in [3.63, 3.8) is 0 Å². The molecule has 0 amide bonds. The van der Waals surface area contributed by atoms with E-state index in [0.717, 1.165) is 0 Å². The maximum atomic E-state index is 13.2. The van der Waals surface area contributed by atoms with Crippen molar-refractivity contribution in [2.24, 2.45) is 0 Å². The molecule has 0 fully saturated rings. The van der Waals surface area contributed by atoms with Gasteiger partial charge < -0.3 is 0 Å². The molecule has 6 heteroatoms. The van der Waals surface area contributed by atoms with Gasteiger partial charge in [0.05, 0.1) is 21.5 Å². The summed E-state index contributed by atoms with van der Waals surface area (Å²) in [5.41, 5.74) is 2.57. The summed E-state index contributed by atoms with van der Waals surface area (Å²) in [7, 11) is 0. The molecule has 0 N–H and O–H groups in total. The van der Waals surface area contributed by atoms with Gasteiger partial charge in [-0.05, 0) is 42.3 Å². The van der Waals surface area contributed by atoms with E-state index in [1.54, 1.807) is 41.0 Å². The molecule has 3 aromatic carbocycles. The Kier molecular flexibility index (Phi) is 5.22. The molecule has 0 spiro atoms. The summed E-state index contributed by atoms with van der Waals surface area (Å²) in [6, 6.07) is 21.6. The lowest BCUT2D eigenvalue weighted by atomic mass is 10.1. The van der Waals surface area contributed by atoms with Gasteiger partial charge in [0.2, 0.25) is 0 Å². The van der Waals surface area contributed by atoms with Gasteiger partial charge >= 0.3 is 0 Å². The molecule has 4 rings (SSSR count). The van der Waals surface area contributed by atoms with Gasteiger partial charge in [-0.3, -0.25) is 19.5 Å². The van der Waals surface area contributed by atoms with Gasteiger partial charge in [0.25, 0.3) is 11.2 Å². The Labute approximate surface area is 172 Å². The van der Waals surface area contributed by atoms with Crippen LogP contribution in [0, 0.1) is 10.1 Å². The van der Waals surface area contributed by atoms with Crippen LogP contribution in [0.5, 0.6) is 0 Å². The van der Waals surface area contributed by atoms with Gasteiger partial charge in [0.1, 0.15) is 5.82 Å². The minimum Gasteiger partial charge on any atom is -0.268 e. The molecule has 4 aromatic rings. The average Bonchev–Trinajstić information content (AvgIpc) is 2.78. The zero-order valence-corrected chi connectivity index (χ0v) is 16.4. The van der Waals surface area contributed by atoms with Crippen molar-refractivity contribution < 1.29 is 4.92 Å². The van der Waals surface area contributed by atoms with Crippen LogP contribution in [0.1, 0.15) is 23.9 Å². The summed E-state index contributed by atoms with van der Waals surface area (Å²) in [6.45, 7) is 1.88. The van der Waals surface area contributed by atoms with Crippen LogP contribution < -0.4 is 5.56 Å². The topological polar surface area (TPSA) is 78.0 Å². The van der Waals surface area contributed by atoms with Gasteiger partial charge in [-0.1, -0.05) is 55.5 Å². The number of nitro groups is 1. The summed E-state index contributed by atoms with van der Waals surface area (Å²) in [5, 5.41) is 11.9. The fourth-order valence-electron chi connectivity index (χ4n) is 3.41. The molecular weight excluding hydrogens is 378 g/mol. The maximum Gasteiger partial charge on any atom is 0.273 e. The number of rotatable bonds is 5. The van der Waals surface area contributed by atoms with Gasteiger partial charge in [-0.2, -0.15) is 0 Å². The third-order valence-corrected chi connectivity index (χ3v) is 4.93. The van der Waals surface area contributed by atoms with Crippen LogP contribution in [-0.4, -0.2) is 14.5 Å². The third-order valence-electron chi connectivity index (χ3n) is 4.93. The van der Waals surface area contributed by atoms with E-state index in [-0.39, 0.29) is 16.2 Å². The first kappa shape index (κ1) is 19.3. The first-order valence-electron chi connectivity index (χ1n) is 9.61. The molecule has 0 unspecified atom stereocenters. The standard InChI is InChI=1S/C24H19N3O3/c1-2-18-14-12-17(16-22(18)27(29)30)13-15-23-25-21-11-7-6-10-20(21)24(28)26(23)19-8-4-3-5-9-19/h3-16H,2H2,1H3/b15-13+. The Morgan fingerprint density at radius 2 is 1.73 bits per heavy atom. The van der Waals surface area contributed by atoms with Crippen LogP contribution >= 0.6 is 0 Å². The second-order valence-corrected chi connectivity index (χ2v) is 6.80. The Balaban J connectivity index is 1.88. The monoisotopic (exact) mass is 397 g/mol. The van der Waals surface area contributed by atoms with Crippen molar-refractivity contribution in [2.45, 2.75) is 13.3 Å². The highest BCUT2D eigenvalue weighted by Gasteiger charge is 2.13. The van der Waals surface area contributed by atoms with Crippen molar-refractivity contribution in [1.29, 1.82) is 0 Å². The summed E-state index contributed by atoms with van der Waals surface area (Å²) in [4.78, 5) is 28.8. The zero-order chi connectivity index (χ0) is 21.1. The third kappa shape index (κ3) is 3.63. The van der Waals surface area contributed by atoms with E-state index in [9.17, 15) is 14.9 Å². The lowest BCUT2D eigenvalue weighted by Gasteiger charge is -2.11. The normalized spacial score (nSPS) is 11.2. The zero-order valence-electron chi connectivity index (χ0n) is 16.4. The summed E-state index contributed by atoms with van der Waals surface area (Å²) >= 11 is 0. The number of hydrogen-bond donors (Lipinski definition) is 0. The minimum atomic E-state index is -0.371.